The Morgan fingerprint density at radius 3 is 2.60 bits per heavy atom. The van der Waals surface area contributed by atoms with Crippen LogP contribution in [-0.2, 0) is 9.30 Å². The van der Waals surface area contributed by atoms with Crippen molar-refractivity contribution in [2.75, 3.05) is 51.5 Å². The summed E-state index contributed by atoms with van der Waals surface area (Å²) < 4.78 is 23.6. The predicted molar refractivity (Wildman–Crippen MR) is 80.6 cm³/mol. The molecule has 1 aromatic rings. The maximum Gasteiger partial charge on any atom is 0.142 e. The van der Waals surface area contributed by atoms with Crippen LogP contribution in [0.4, 0.5) is 5.69 Å². The van der Waals surface area contributed by atoms with Gasteiger partial charge in [-0.2, -0.15) is 0 Å². The smallest absolute Gasteiger partial charge is 0.142 e. The van der Waals surface area contributed by atoms with Gasteiger partial charge in [-0.3, -0.25) is 4.90 Å². The van der Waals surface area contributed by atoms with E-state index in [2.05, 4.69) is 4.90 Å². The zero-order chi connectivity index (χ0) is 14.2. The van der Waals surface area contributed by atoms with Crippen molar-refractivity contribution in [3.05, 3.63) is 18.2 Å². The van der Waals surface area contributed by atoms with Crippen molar-refractivity contribution in [3.63, 3.8) is 0 Å². The van der Waals surface area contributed by atoms with Crippen LogP contribution in [0.2, 0.25) is 0 Å². The number of rotatable bonds is 3. The van der Waals surface area contributed by atoms with E-state index >= 15 is 0 Å². The molecule has 6 heteroatoms. The molecule has 2 aliphatic heterocycles. The van der Waals surface area contributed by atoms with Gasteiger partial charge in [-0.15, -0.1) is 0 Å². The molecule has 5 nitrogen and oxygen atoms in total. The molecule has 0 spiro atoms. The Hall–Kier alpha value is -1.03. The maximum atomic E-state index is 13.1. The van der Waals surface area contributed by atoms with E-state index in [9.17, 15) is 4.57 Å². The summed E-state index contributed by atoms with van der Waals surface area (Å²) in [7, 11) is -0.719. The van der Waals surface area contributed by atoms with Gasteiger partial charge in [-0.1, -0.05) is 0 Å². The van der Waals surface area contributed by atoms with E-state index in [-0.39, 0.29) is 0 Å². The molecule has 0 radical (unpaired) electrons. The molecule has 2 heterocycles. The van der Waals surface area contributed by atoms with Crippen LogP contribution < -0.4 is 15.8 Å². The number of ether oxygens (including phenoxy) is 2. The lowest BCUT2D eigenvalue weighted by molar-refractivity contribution is -0.0620. The third-order valence-corrected chi connectivity index (χ3v) is 7.39. The van der Waals surface area contributed by atoms with Crippen LogP contribution in [0, 0.1) is 0 Å². The van der Waals surface area contributed by atoms with Crippen LogP contribution in [0.5, 0.6) is 5.75 Å². The zero-order valence-electron chi connectivity index (χ0n) is 11.7. The number of benzene rings is 1. The van der Waals surface area contributed by atoms with Crippen molar-refractivity contribution in [3.8, 4) is 5.75 Å². The minimum Gasteiger partial charge on any atom is -0.495 e. The van der Waals surface area contributed by atoms with Crippen LogP contribution in [0.3, 0.4) is 0 Å². The molecule has 0 unspecified atom stereocenters. The average Bonchev–Trinajstić information content (AvgIpc) is 2.40. The summed E-state index contributed by atoms with van der Waals surface area (Å²) in [6.07, 6.45) is 1.47. The molecule has 3 rings (SSSR count). The van der Waals surface area contributed by atoms with Crippen LogP contribution >= 0.6 is 7.14 Å². The molecule has 0 atom stereocenters. The second kappa shape index (κ2) is 5.40. The third kappa shape index (κ3) is 2.46. The predicted octanol–water partition coefficient (Wildman–Crippen LogP) is 0.980. The number of nitrogens with zero attached hydrogens (tertiary/aromatic N) is 1. The normalized spacial score (nSPS) is 23.2. The highest BCUT2D eigenvalue weighted by Crippen LogP contribution is 2.47. The standard InChI is InChI=1S/C14H21N2O3P/c1-18-14-8-12(2-3-13(14)15)20(17)6-4-16(5-7-20)11-9-19-10-11/h2-3,8,11H,4-7,9-10,15H2,1H3. The quantitative estimate of drug-likeness (QED) is 0.665. The minimum absolute atomic E-state index is 0.532. The number of methoxy groups -OCH3 is 1. The Morgan fingerprint density at radius 1 is 1.35 bits per heavy atom. The molecule has 20 heavy (non-hydrogen) atoms. The summed E-state index contributed by atoms with van der Waals surface area (Å²) in [5.74, 6) is 0.618. The number of nitrogens with two attached hydrogens (primary N) is 1. The summed E-state index contributed by atoms with van der Waals surface area (Å²) >= 11 is 0. The third-order valence-electron chi connectivity index (χ3n) is 4.32. The van der Waals surface area contributed by atoms with Crippen molar-refractivity contribution < 1.29 is 14.0 Å². The van der Waals surface area contributed by atoms with Gasteiger partial charge in [0.15, 0.2) is 0 Å². The number of hydrogen-bond donors (Lipinski definition) is 1. The maximum absolute atomic E-state index is 13.1. The molecule has 0 aromatic heterocycles. The Morgan fingerprint density at radius 2 is 2.05 bits per heavy atom. The summed E-state index contributed by atoms with van der Waals surface area (Å²) in [5.41, 5.74) is 6.41. The second-order valence-electron chi connectivity index (χ2n) is 5.49. The van der Waals surface area contributed by atoms with Gasteiger partial charge in [-0.05, 0) is 18.2 Å². The molecule has 110 valence electrons. The van der Waals surface area contributed by atoms with Crippen LogP contribution in [0.1, 0.15) is 0 Å². The highest BCUT2D eigenvalue weighted by atomic mass is 31.2. The zero-order valence-corrected chi connectivity index (χ0v) is 12.6. The summed E-state index contributed by atoms with van der Waals surface area (Å²) in [6.45, 7) is 3.41. The summed E-state index contributed by atoms with van der Waals surface area (Å²) in [5, 5.41) is 0.896. The van der Waals surface area contributed by atoms with E-state index in [0.29, 0.717) is 17.5 Å². The molecule has 2 saturated heterocycles. The highest BCUT2D eigenvalue weighted by molar-refractivity contribution is 7.71. The number of hydrogen-bond acceptors (Lipinski definition) is 5. The van der Waals surface area contributed by atoms with E-state index < -0.39 is 7.14 Å². The summed E-state index contributed by atoms with van der Waals surface area (Å²) in [6, 6.07) is 6.06. The number of anilines is 1. The first-order valence-electron chi connectivity index (χ1n) is 6.96. The Kier molecular flexibility index (Phi) is 3.76. The molecule has 1 aromatic carbocycles. The Balaban J connectivity index is 1.75. The van der Waals surface area contributed by atoms with E-state index in [4.69, 9.17) is 15.2 Å². The van der Waals surface area contributed by atoms with Gasteiger partial charge in [0.1, 0.15) is 12.9 Å². The van der Waals surface area contributed by atoms with Crippen LogP contribution in [-0.4, -0.2) is 56.7 Å². The molecule has 0 aliphatic carbocycles. The molecule has 0 bridgehead atoms. The Labute approximate surface area is 119 Å². The SMILES string of the molecule is COc1cc(P2(=O)CCN(C3COC3)CC2)ccc1N. The van der Waals surface area contributed by atoms with Gasteiger partial charge in [0.2, 0.25) is 0 Å². The van der Waals surface area contributed by atoms with Gasteiger partial charge in [0.25, 0.3) is 0 Å². The van der Waals surface area contributed by atoms with Crippen molar-refractivity contribution >= 4 is 18.1 Å². The lowest BCUT2D eigenvalue weighted by Crippen LogP contribution is -2.52. The van der Waals surface area contributed by atoms with E-state index in [1.165, 1.54) is 0 Å². The molecular formula is C14H21N2O3P. The van der Waals surface area contributed by atoms with Crippen molar-refractivity contribution in [2.45, 2.75) is 6.04 Å². The molecule has 2 fully saturated rings. The van der Waals surface area contributed by atoms with E-state index in [0.717, 1.165) is 43.9 Å². The summed E-state index contributed by atoms with van der Waals surface area (Å²) in [4.78, 5) is 2.40. The van der Waals surface area contributed by atoms with E-state index in [1.54, 1.807) is 13.2 Å². The lowest BCUT2D eigenvalue weighted by Gasteiger charge is -2.41. The molecule has 0 amide bonds. The number of nitrogen functional groups attached to an aromatic ring is 1. The molecule has 0 saturated carbocycles. The first kappa shape index (κ1) is 13.9. The van der Waals surface area contributed by atoms with Gasteiger partial charge < -0.3 is 19.8 Å². The average molecular weight is 296 g/mol. The van der Waals surface area contributed by atoms with Gasteiger partial charge in [-0.25, -0.2) is 0 Å². The van der Waals surface area contributed by atoms with Gasteiger partial charge in [0.05, 0.1) is 32.1 Å². The minimum atomic E-state index is -2.31. The Bertz CT molecular complexity index is 533. The van der Waals surface area contributed by atoms with Crippen molar-refractivity contribution in [1.82, 2.24) is 4.90 Å². The monoisotopic (exact) mass is 296 g/mol. The van der Waals surface area contributed by atoms with Crippen molar-refractivity contribution in [2.24, 2.45) is 0 Å². The molecule has 2 N–H and O–H groups in total. The van der Waals surface area contributed by atoms with E-state index in [1.807, 2.05) is 12.1 Å². The fourth-order valence-electron chi connectivity index (χ4n) is 2.81. The topological polar surface area (TPSA) is 64.8 Å². The molecular weight excluding hydrogens is 275 g/mol. The lowest BCUT2D eigenvalue weighted by atomic mass is 10.2. The first-order valence-corrected chi connectivity index (χ1v) is 9.04. The highest BCUT2D eigenvalue weighted by Gasteiger charge is 2.35. The van der Waals surface area contributed by atoms with Crippen LogP contribution in [0.15, 0.2) is 18.2 Å². The van der Waals surface area contributed by atoms with Crippen molar-refractivity contribution in [1.29, 1.82) is 0 Å². The second-order valence-corrected chi connectivity index (χ2v) is 8.68. The largest absolute Gasteiger partial charge is 0.495 e. The van der Waals surface area contributed by atoms with Gasteiger partial charge in [0, 0.05) is 30.7 Å². The first-order chi connectivity index (χ1) is 9.62. The van der Waals surface area contributed by atoms with Crippen LogP contribution in [0.25, 0.3) is 0 Å². The fraction of sp³-hybridized carbons (Fsp3) is 0.571. The molecule has 2 aliphatic rings. The van der Waals surface area contributed by atoms with Gasteiger partial charge >= 0.3 is 0 Å². The fourth-order valence-corrected chi connectivity index (χ4v) is 5.41.